The third-order valence-corrected chi connectivity index (χ3v) is 5.44. The van der Waals surface area contributed by atoms with Crippen molar-refractivity contribution in [2.45, 2.75) is 19.4 Å². The van der Waals surface area contributed by atoms with Crippen LogP contribution in [0.4, 0.5) is 0 Å². The first-order valence-electron chi connectivity index (χ1n) is 9.13. The lowest BCUT2D eigenvalue weighted by Gasteiger charge is -2.16. The fourth-order valence-corrected chi connectivity index (χ4v) is 3.85. The highest BCUT2D eigenvalue weighted by Gasteiger charge is 2.34. The van der Waals surface area contributed by atoms with E-state index in [2.05, 4.69) is 15.5 Å². The van der Waals surface area contributed by atoms with Crippen molar-refractivity contribution in [3.8, 4) is 11.4 Å². The molecule has 1 atom stereocenters. The summed E-state index contributed by atoms with van der Waals surface area (Å²) in [6, 6.07) is 11.9. The largest absolute Gasteiger partial charge is 0.347 e. The molecule has 0 radical (unpaired) electrons. The van der Waals surface area contributed by atoms with Gasteiger partial charge in [-0.1, -0.05) is 35.5 Å². The van der Waals surface area contributed by atoms with E-state index in [1.165, 1.54) is 5.56 Å². The molecule has 1 fully saturated rings. The molecule has 1 aromatic carbocycles. The van der Waals surface area contributed by atoms with Gasteiger partial charge in [0.05, 0.1) is 12.5 Å². The van der Waals surface area contributed by atoms with E-state index in [9.17, 15) is 9.59 Å². The van der Waals surface area contributed by atoms with Gasteiger partial charge in [-0.3, -0.25) is 9.59 Å². The number of benzene rings is 1. The molecule has 1 N–H and O–H groups in total. The van der Waals surface area contributed by atoms with E-state index < -0.39 is 0 Å². The minimum Gasteiger partial charge on any atom is -0.347 e. The molecule has 1 aliphatic rings. The molecule has 1 saturated heterocycles. The zero-order valence-corrected chi connectivity index (χ0v) is 16.0. The Bertz CT molecular complexity index is 940. The van der Waals surface area contributed by atoms with Gasteiger partial charge in [-0.15, -0.1) is 0 Å². The number of nitrogens with one attached hydrogen (secondary N) is 1. The normalized spacial score (nSPS) is 16.5. The van der Waals surface area contributed by atoms with Crippen molar-refractivity contribution in [3.63, 3.8) is 0 Å². The van der Waals surface area contributed by atoms with Crippen LogP contribution in [0.2, 0.25) is 0 Å². The lowest BCUT2D eigenvalue weighted by molar-refractivity contribution is -0.129. The van der Waals surface area contributed by atoms with Crippen LogP contribution in [0.15, 0.2) is 51.7 Å². The third kappa shape index (κ3) is 4.28. The number of hydrogen-bond donors (Lipinski definition) is 1. The average molecular weight is 396 g/mol. The van der Waals surface area contributed by atoms with Gasteiger partial charge in [0.25, 0.3) is 0 Å². The average Bonchev–Trinajstić information content (AvgIpc) is 3.46. The van der Waals surface area contributed by atoms with Crippen LogP contribution in [0.1, 0.15) is 17.9 Å². The van der Waals surface area contributed by atoms with Gasteiger partial charge in [0.2, 0.25) is 23.5 Å². The summed E-state index contributed by atoms with van der Waals surface area (Å²) in [5, 5.41) is 10.6. The summed E-state index contributed by atoms with van der Waals surface area (Å²) in [7, 11) is 0. The predicted octanol–water partition coefficient (Wildman–Crippen LogP) is 2.51. The predicted molar refractivity (Wildman–Crippen MR) is 104 cm³/mol. The van der Waals surface area contributed by atoms with E-state index in [0.29, 0.717) is 24.8 Å². The molecular weight excluding hydrogens is 376 g/mol. The van der Waals surface area contributed by atoms with Crippen LogP contribution in [0.25, 0.3) is 11.4 Å². The van der Waals surface area contributed by atoms with Gasteiger partial charge >= 0.3 is 0 Å². The molecule has 0 spiro atoms. The van der Waals surface area contributed by atoms with E-state index in [4.69, 9.17) is 4.52 Å². The Morgan fingerprint density at radius 1 is 1.29 bits per heavy atom. The fraction of sp³-hybridized carbons (Fsp3) is 0.300. The Kier molecular flexibility index (Phi) is 5.48. The number of amides is 2. The van der Waals surface area contributed by atoms with E-state index in [-0.39, 0.29) is 30.7 Å². The van der Waals surface area contributed by atoms with Crippen molar-refractivity contribution in [1.29, 1.82) is 0 Å². The Morgan fingerprint density at radius 3 is 2.93 bits per heavy atom. The van der Waals surface area contributed by atoms with Gasteiger partial charge in [-0.25, -0.2) is 0 Å². The monoisotopic (exact) mass is 396 g/mol. The van der Waals surface area contributed by atoms with Gasteiger partial charge < -0.3 is 14.7 Å². The summed E-state index contributed by atoms with van der Waals surface area (Å²) in [6.07, 6.45) is 1.03. The van der Waals surface area contributed by atoms with E-state index in [1.807, 2.05) is 47.2 Å². The first-order valence-corrected chi connectivity index (χ1v) is 10.1. The quantitative estimate of drug-likeness (QED) is 0.663. The highest BCUT2D eigenvalue weighted by molar-refractivity contribution is 7.08. The van der Waals surface area contributed by atoms with Crippen LogP contribution in [0.3, 0.4) is 0 Å². The van der Waals surface area contributed by atoms with Gasteiger partial charge in [0, 0.05) is 30.5 Å². The van der Waals surface area contributed by atoms with Gasteiger partial charge in [-0.2, -0.15) is 16.3 Å². The molecule has 0 aliphatic carbocycles. The fourth-order valence-electron chi connectivity index (χ4n) is 3.22. The summed E-state index contributed by atoms with van der Waals surface area (Å²) < 4.78 is 5.18. The number of rotatable bonds is 7. The summed E-state index contributed by atoms with van der Waals surface area (Å²) in [5.74, 6) is 0.371. The van der Waals surface area contributed by atoms with Crippen molar-refractivity contribution in [2.75, 3.05) is 13.1 Å². The molecule has 0 saturated carbocycles. The highest BCUT2D eigenvalue weighted by atomic mass is 32.1. The zero-order chi connectivity index (χ0) is 19.3. The summed E-state index contributed by atoms with van der Waals surface area (Å²) in [6.45, 7) is 1.23. The number of hydrogen-bond acceptors (Lipinski definition) is 6. The topological polar surface area (TPSA) is 88.3 Å². The second kappa shape index (κ2) is 8.35. The molecule has 0 unspecified atom stereocenters. The van der Waals surface area contributed by atoms with Crippen LogP contribution >= 0.6 is 11.3 Å². The maximum absolute atomic E-state index is 12.4. The molecule has 3 aromatic rings. The first kappa shape index (κ1) is 18.4. The summed E-state index contributed by atoms with van der Waals surface area (Å²) in [4.78, 5) is 30.7. The molecule has 4 rings (SSSR count). The number of thiophene rings is 1. The lowest BCUT2D eigenvalue weighted by Crippen LogP contribution is -2.33. The minimum absolute atomic E-state index is 0.0219. The Balaban J connectivity index is 1.26. The maximum Gasteiger partial charge on any atom is 0.246 e. The van der Waals surface area contributed by atoms with Crippen LogP contribution in [0, 0.1) is 5.92 Å². The molecule has 0 bridgehead atoms. The molecule has 144 valence electrons. The number of aromatic nitrogens is 2. The summed E-state index contributed by atoms with van der Waals surface area (Å²) >= 11 is 1.55. The van der Waals surface area contributed by atoms with E-state index in [0.717, 1.165) is 12.0 Å². The molecule has 2 amide bonds. The first-order chi connectivity index (χ1) is 13.7. The zero-order valence-electron chi connectivity index (χ0n) is 15.2. The van der Waals surface area contributed by atoms with Crippen molar-refractivity contribution >= 4 is 23.2 Å². The molecule has 7 nitrogen and oxygen atoms in total. The third-order valence-electron chi connectivity index (χ3n) is 4.76. The van der Waals surface area contributed by atoms with Crippen LogP contribution in [-0.2, 0) is 22.6 Å². The number of nitrogens with zero attached hydrogens (tertiary/aromatic N) is 3. The van der Waals surface area contributed by atoms with Crippen molar-refractivity contribution in [2.24, 2.45) is 5.92 Å². The Morgan fingerprint density at radius 2 is 2.14 bits per heavy atom. The van der Waals surface area contributed by atoms with E-state index in [1.54, 1.807) is 16.2 Å². The van der Waals surface area contributed by atoms with Crippen LogP contribution in [-0.4, -0.2) is 39.9 Å². The standard InChI is InChI=1S/C20H20N4O3S/c25-18-10-16(12-24(18)8-6-14-4-2-1-3-5-14)20(26)21-11-17-22-19(23-27-17)15-7-9-28-13-15/h1-5,7,9,13,16H,6,8,10-12H2,(H,21,26)/t16-/m0/s1. The maximum atomic E-state index is 12.4. The highest BCUT2D eigenvalue weighted by Crippen LogP contribution is 2.20. The second-order valence-electron chi connectivity index (χ2n) is 6.72. The number of likely N-dealkylation sites (tertiary alicyclic amines) is 1. The Labute approximate surface area is 166 Å². The molecule has 2 aromatic heterocycles. The van der Waals surface area contributed by atoms with Crippen LogP contribution < -0.4 is 5.32 Å². The lowest BCUT2D eigenvalue weighted by atomic mass is 10.1. The number of carbonyl (C=O) groups excluding carboxylic acids is 2. The number of carbonyl (C=O) groups is 2. The molecule has 1 aliphatic heterocycles. The second-order valence-corrected chi connectivity index (χ2v) is 7.50. The van der Waals surface area contributed by atoms with Crippen molar-refractivity contribution in [1.82, 2.24) is 20.4 Å². The van der Waals surface area contributed by atoms with E-state index >= 15 is 0 Å². The molecule has 8 heteroatoms. The summed E-state index contributed by atoms with van der Waals surface area (Å²) in [5.41, 5.74) is 2.07. The van der Waals surface area contributed by atoms with Crippen molar-refractivity contribution < 1.29 is 14.1 Å². The smallest absolute Gasteiger partial charge is 0.246 e. The Hall–Kier alpha value is -3.00. The SMILES string of the molecule is O=C(NCc1nc(-c2ccsc2)no1)[C@H]1CC(=O)N(CCc2ccccc2)C1. The van der Waals surface area contributed by atoms with Crippen molar-refractivity contribution in [3.05, 3.63) is 58.6 Å². The minimum atomic E-state index is -0.345. The molecule has 3 heterocycles. The van der Waals surface area contributed by atoms with Gasteiger partial charge in [0.1, 0.15) is 0 Å². The molecular formula is C20H20N4O3S. The van der Waals surface area contributed by atoms with Gasteiger partial charge in [-0.05, 0) is 23.4 Å². The van der Waals surface area contributed by atoms with Crippen LogP contribution in [0.5, 0.6) is 0 Å². The van der Waals surface area contributed by atoms with Gasteiger partial charge in [0.15, 0.2) is 0 Å². The molecule has 28 heavy (non-hydrogen) atoms.